The first-order valence-corrected chi connectivity index (χ1v) is 7.84. The Hall–Kier alpha value is -2.24. The summed E-state index contributed by atoms with van der Waals surface area (Å²) in [5.74, 6) is 3.20. The zero-order valence-corrected chi connectivity index (χ0v) is 12.7. The van der Waals surface area contributed by atoms with Crippen LogP contribution in [0.4, 0.5) is 11.8 Å². The van der Waals surface area contributed by atoms with Gasteiger partial charge in [-0.15, -0.1) is 0 Å². The van der Waals surface area contributed by atoms with Crippen molar-refractivity contribution in [3.8, 4) is 0 Å². The Balaban J connectivity index is 1.51. The molecular weight excluding hydrogens is 276 g/mol. The number of hydrogen-bond donors (Lipinski definition) is 0. The second-order valence-corrected chi connectivity index (χ2v) is 6.20. The van der Waals surface area contributed by atoms with Crippen LogP contribution in [0, 0.1) is 11.8 Å². The minimum atomic E-state index is 0.524. The molecule has 114 valence electrons. The molecule has 0 bridgehead atoms. The molecule has 4 rings (SSSR count). The molecule has 3 heterocycles. The van der Waals surface area contributed by atoms with E-state index in [1.54, 1.807) is 12.4 Å². The number of nitrogens with zero attached hydrogens (tertiary/aromatic N) is 6. The Bertz CT molecular complexity index is 619. The molecule has 1 saturated carbocycles. The van der Waals surface area contributed by atoms with Gasteiger partial charge in [-0.05, 0) is 24.8 Å². The van der Waals surface area contributed by atoms with Crippen molar-refractivity contribution in [3.05, 3.63) is 37.1 Å². The molecule has 0 amide bonds. The summed E-state index contributed by atoms with van der Waals surface area (Å²) in [5, 5.41) is 0. The highest BCUT2D eigenvalue weighted by Crippen LogP contribution is 2.41. The Labute approximate surface area is 130 Å². The summed E-state index contributed by atoms with van der Waals surface area (Å²) >= 11 is 0. The average molecular weight is 296 g/mol. The van der Waals surface area contributed by atoms with Crippen LogP contribution in [0.1, 0.15) is 12.8 Å². The van der Waals surface area contributed by atoms with E-state index in [9.17, 15) is 0 Å². The predicted molar refractivity (Wildman–Crippen MR) is 84.7 cm³/mol. The van der Waals surface area contributed by atoms with Crippen molar-refractivity contribution >= 4 is 11.8 Å². The maximum atomic E-state index is 4.44. The van der Waals surface area contributed by atoms with Crippen LogP contribution in [0.25, 0.3) is 0 Å². The fraction of sp³-hybridized carbons (Fsp3) is 0.500. The summed E-state index contributed by atoms with van der Waals surface area (Å²) < 4.78 is 0. The first-order valence-electron chi connectivity index (χ1n) is 7.84. The van der Waals surface area contributed by atoms with Gasteiger partial charge in [-0.3, -0.25) is 4.98 Å². The molecule has 1 saturated heterocycles. The van der Waals surface area contributed by atoms with E-state index in [4.69, 9.17) is 0 Å². The number of hydrogen-bond acceptors (Lipinski definition) is 6. The summed E-state index contributed by atoms with van der Waals surface area (Å²) in [7, 11) is 2.14. The minimum absolute atomic E-state index is 0.524. The maximum absolute atomic E-state index is 4.44. The molecule has 0 spiro atoms. The van der Waals surface area contributed by atoms with Gasteiger partial charge in [0, 0.05) is 56.9 Å². The topological polar surface area (TPSA) is 58.0 Å². The zero-order valence-electron chi connectivity index (χ0n) is 12.7. The highest BCUT2D eigenvalue weighted by atomic mass is 15.3. The molecule has 2 aromatic rings. The molecule has 0 radical (unpaired) electrons. The molecule has 2 aromatic heterocycles. The molecule has 0 unspecified atom stereocenters. The van der Waals surface area contributed by atoms with Crippen molar-refractivity contribution in [2.75, 3.05) is 29.9 Å². The monoisotopic (exact) mass is 296 g/mol. The zero-order chi connectivity index (χ0) is 14.9. The van der Waals surface area contributed by atoms with Gasteiger partial charge in [0.1, 0.15) is 5.82 Å². The van der Waals surface area contributed by atoms with E-state index in [1.807, 2.05) is 24.7 Å². The van der Waals surface area contributed by atoms with E-state index in [2.05, 4.69) is 36.8 Å². The maximum Gasteiger partial charge on any atom is 0.225 e. The van der Waals surface area contributed by atoms with Crippen molar-refractivity contribution in [2.24, 2.45) is 11.8 Å². The third kappa shape index (κ3) is 2.28. The molecule has 22 heavy (non-hydrogen) atoms. The van der Waals surface area contributed by atoms with Crippen LogP contribution in [-0.4, -0.2) is 46.1 Å². The van der Waals surface area contributed by atoms with E-state index in [0.29, 0.717) is 12.0 Å². The molecule has 0 aromatic carbocycles. The molecule has 6 heteroatoms. The molecule has 0 N–H and O–H groups in total. The third-order valence-corrected chi connectivity index (χ3v) is 5.06. The average Bonchev–Trinajstić information content (AvgIpc) is 3.16. The Morgan fingerprint density at radius 3 is 2.68 bits per heavy atom. The van der Waals surface area contributed by atoms with E-state index in [1.165, 1.54) is 12.8 Å². The quantitative estimate of drug-likeness (QED) is 0.858. The standard InChI is InChI=1S/C16H20N6/c1-21(15-9-17-7-8-18-15)14-4-3-12-10-22(11-13(12)14)16-19-5-2-6-20-16/h2,5-9,12-14H,3-4,10-11H2,1H3/t12-,13+,14-/m1/s1. The molecule has 1 aliphatic carbocycles. The van der Waals surface area contributed by atoms with E-state index >= 15 is 0 Å². The van der Waals surface area contributed by atoms with Gasteiger partial charge >= 0.3 is 0 Å². The molecule has 1 aliphatic heterocycles. The van der Waals surface area contributed by atoms with Crippen molar-refractivity contribution in [3.63, 3.8) is 0 Å². The number of aromatic nitrogens is 4. The smallest absolute Gasteiger partial charge is 0.225 e. The van der Waals surface area contributed by atoms with Gasteiger partial charge in [0.15, 0.2) is 0 Å². The van der Waals surface area contributed by atoms with Crippen LogP contribution in [0.15, 0.2) is 37.1 Å². The van der Waals surface area contributed by atoms with Gasteiger partial charge < -0.3 is 9.80 Å². The van der Waals surface area contributed by atoms with Crippen molar-refractivity contribution < 1.29 is 0 Å². The Morgan fingerprint density at radius 2 is 1.91 bits per heavy atom. The highest BCUT2D eigenvalue weighted by Gasteiger charge is 2.45. The fourth-order valence-electron chi connectivity index (χ4n) is 3.98. The number of rotatable bonds is 3. The Morgan fingerprint density at radius 1 is 1.05 bits per heavy atom. The van der Waals surface area contributed by atoms with E-state index in [-0.39, 0.29) is 0 Å². The molecule has 3 atom stereocenters. The van der Waals surface area contributed by atoms with Crippen LogP contribution in [0.2, 0.25) is 0 Å². The first kappa shape index (κ1) is 13.4. The lowest BCUT2D eigenvalue weighted by atomic mass is 9.97. The molecular formula is C16H20N6. The summed E-state index contributed by atoms with van der Waals surface area (Å²) in [6, 6.07) is 2.39. The lowest BCUT2D eigenvalue weighted by molar-refractivity contribution is 0.440. The van der Waals surface area contributed by atoms with Gasteiger partial charge in [-0.25, -0.2) is 15.0 Å². The van der Waals surface area contributed by atoms with Crippen molar-refractivity contribution in [1.29, 1.82) is 0 Å². The lowest BCUT2D eigenvalue weighted by Gasteiger charge is -2.30. The van der Waals surface area contributed by atoms with Gasteiger partial charge in [-0.1, -0.05) is 0 Å². The van der Waals surface area contributed by atoms with Crippen LogP contribution in [0.5, 0.6) is 0 Å². The molecule has 2 aliphatic rings. The fourth-order valence-corrected chi connectivity index (χ4v) is 3.98. The van der Waals surface area contributed by atoms with Crippen molar-refractivity contribution in [2.45, 2.75) is 18.9 Å². The van der Waals surface area contributed by atoms with Gasteiger partial charge in [0.05, 0.1) is 6.20 Å². The van der Waals surface area contributed by atoms with Crippen molar-refractivity contribution in [1.82, 2.24) is 19.9 Å². The van der Waals surface area contributed by atoms with E-state index < -0.39 is 0 Å². The predicted octanol–water partition coefficient (Wildman–Crippen LogP) is 1.62. The lowest BCUT2D eigenvalue weighted by Crippen LogP contribution is -2.38. The van der Waals surface area contributed by atoms with Gasteiger partial charge in [0.2, 0.25) is 5.95 Å². The summed E-state index contributed by atoms with van der Waals surface area (Å²) in [6.07, 6.45) is 11.5. The van der Waals surface area contributed by atoms with Gasteiger partial charge in [-0.2, -0.15) is 0 Å². The second kappa shape index (κ2) is 5.51. The minimum Gasteiger partial charge on any atom is -0.355 e. The van der Waals surface area contributed by atoms with Gasteiger partial charge in [0.25, 0.3) is 0 Å². The van der Waals surface area contributed by atoms with Crippen LogP contribution >= 0.6 is 0 Å². The normalized spacial score (nSPS) is 27.0. The SMILES string of the molecule is CN(c1cnccn1)[C@@H]1CC[C@@H]2CN(c3ncccn3)C[C@@H]21. The highest BCUT2D eigenvalue weighted by molar-refractivity contribution is 5.39. The first-order chi connectivity index (χ1) is 10.8. The largest absolute Gasteiger partial charge is 0.355 e. The van der Waals surface area contributed by atoms with Crippen LogP contribution < -0.4 is 9.80 Å². The molecule has 2 fully saturated rings. The second-order valence-electron chi connectivity index (χ2n) is 6.20. The summed E-state index contributed by atoms with van der Waals surface area (Å²) in [6.45, 7) is 2.10. The van der Waals surface area contributed by atoms with E-state index in [0.717, 1.165) is 30.8 Å². The number of fused-ring (bicyclic) bond motifs is 1. The molecule has 6 nitrogen and oxygen atoms in total. The van der Waals surface area contributed by atoms with Crippen LogP contribution in [0.3, 0.4) is 0 Å². The summed E-state index contributed by atoms with van der Waals surface area (Å²) in [4.78, 5) is 22.0. The summed E-state index contributed by atoms with van der Waals surface area (Å²) in [5.41, 5.74) is 0. The van der Waals surface area contributed by atoms with Crippen LogP contribution in [-0.2, 0) is 0 Å². The third-order valence-electron chi connectivity index (χ3n) is 5.06. The Kier molecular flexibility index (Phi) is 3.36. The number of anilines is 2.